The Kier molecular flexibility index (Phi) is 4.52. The van der Waals surface area contributed by atoms with Crippen molar-refractivity contribution in [2.24, 2.45) is 7.05 Å². The number of hydrogen-bond acceptors (Lipinski definition) is 5. The van der Waals surface area contributed by atoms with Crippen molar-refractivity contribution in [3.63, 3.8) is 0 Å². The van der Waals surface area contributed by atoms with Gasteiger partial charge in [0.1, 0.15) is 0 Å². The van der Waals surface area contributed by atoms with Crippen LogP contribution in [0.1, 0.15) is 16.8 Å². The van der Waals surface area contributed by atoms with Gasteiger partial charge in [-0.3, -0.25) is 19.4 Å². The second-order valence-electron chi connectivity index (χ2n) is 7.65. The number of benzene rings is 1. The zero-order valence-electron chi connectivity index (χ0n) is 16.6. The van der Waals surface area contributed by atoms with Gasteiger partial charge in [-0.1, -0.05) is 24.3 Å². The largest absolute Gasteiger partial charge is 0.391 e. The van der Waals surface area contributed by atoms with Crippen LogP contribution in [-0.4, -0.2) is 54.9 Å². The number of rotatable bonds is 3. The van der Waals surface area contributed by atoms with Gasteiger partial charge in [0.2, 0.25) is 0 Å². The number of nitrogens with zero attached hydrogens (tertiary/aromatic N) is 5. The summed E-state index contributed by atoms with van der Waals surface area (Å²) in [6.07, 6.45) is 9.09. The normalized spacial score (nSPS) is 16.3. The smallest absolute Gasteiger partial charge is 0.255 e. The van der Waals surface area contributed by atoms with E-state index in [1.165, 1.54) is 0 Å². The predicted octanol–water partition coefficient (Wildman–Crippen LogP) is 2.90. The van der Waals surface area contributed by atoms with Crippen LogP contribution in [0.5, 0.6) is 0 Å². The molecular weight excluding hydrogens is 378 g/mol. The number of fused-ring (bicyclic) bond motifs is 1. The minimum absolute atomic E-state index is 0.101. The number of aliphatic hydroxyl groups excluding tert-OH is 1. The first kappa shape index (κ1) is 18.4. The lowest BCUT2D eigenvalue weighted by atomic mass is 9.99. The molecule has 5 rings (SSSR count). The summed E-state index contributed by atoms with van der Waals surface area (Å²) >= 11 is 0. The maximum atomic E-state index is 12.8. The van der Waals surface area contributed by atoms with Crippen LogP contribution in [0.3, 0.4) is 0 Å². The van der Waals surface area contributed by atoms with E-state index in [1.807, 2.05) is 37.6 Å². The maximum absolute atomic E-state index is 12.8. The molecule has 4 aromatic rings. The van der Waals surface area contributed by atoms with Crippen molar-refractivity contribution in [2.75, 3.05) is 13.1 Å². The van der Waals surface area contributed by atoms with E-state index in [4.69, 9.17) is 0 Å². The van der Waals surface area contributed by atoms with Gasteiger partial charge in [-0.2, -0.15) is 5.10 Å². The van der Waals surface area contributed by atoms with E-state index in [9.17, 15) is 9.90 Å². The molecule has 150 valence electrons. The molecule has 0 aliphatic carbocycles. The molecular formula is C23H21N5O2. The van der Waals surface area contributed by atoms with Crippen molar-refractivity contribution in [3.05, 3.63) is 66.9 Å². The Balaban J connectivity index is 1.52. The molecule has 1 aliphatic rings. The van der Waals surface area contributed by atoms with Crippen LogP contribution in [0.4, 0.5) is 0 Å². The van der Waals surface area contributed by atoms with Crippen LogP contribution in [0.25, 0.3) is 33.2 Å². The summed E-state index contributed by atoms with van der Waals surface area (Å²) in [5.74, 6) is -0.101. The average molecular weight is 399 g/mol. The topological polar surface area (TPSA) is 84.1 Å². The second-order valence-corrected chi connectivity index (χ2v) is 7.65. The van der Waals surface area contributed by atoms with Gasteiger partial charge >= 0.3 is 0 Å². The summed E-state index contributed by atoms with van der Waals surface area (Å²) in [4.78, 5) is 23.3. The van der Waals surface area contributed by atoms with Gasteiger partial charge in [-0.05, 0) is 23.6 Å². The molecule has 3 aromatic heterocycles. The monoisotopic (exact) mass is 399 g/mol. The molecule has 4 heterocycles. The molecule has 1 aliphatic heterocycles. The van der Waals surface area contributed by atoms with Crippen molar-refractivity contribution in [2.45, 2.75) is 12.5 Å². The van der Waals surface area contributed by atoms with E-state index in [-0.39, 0.29) is 5.91 Å². The Morgan fingerprint density at radius 2 is 1.87 bits per heavy atom. The van der Waals surface area contributed by atoms with Crippen LogP contribution < -0.4 is 0 Å². The quantitative estimate of drug-likeness (QED) is 0.573. The number of likely N-dealkylation sites (tertiary alicyclic amines) is 1. The second kappa shape index (κ2) is 7.35. The van der Waals surface area contributed by atoms with Gasteiger partial charge in [-0.15, -0.1) is 0 Å². The number of amides is 1. The van der Waals surface area contributed by atoms with Crippen molar-refractivity contribution in [3.8, 4) is 22.3 Å². The Labute approximate surface area is 173 Å². The minimum Gasteiger partial charge on any atom is -0.391 e. The van der Waals surface area contributed by atoms with E-state index in [0.717, 1.165) is 33.2 Å². The molecule has 1 N–H and O–H groups in total. The molecule has 0 spiro atoms. The number of hydrogen-bond donors (Lipinski definition) is 1. The fourth-order valence-corrected chi connectivity index (χ4v) is 3.91. The third-order valence-electron chi connectivity index (χ3n) is 5.54. The Bertz CT molecular complexity index is 1230. The van der Waals surface area contributed by atoms with Gasteiger partial charge in [0.05, 0.1) is 29.6 Å². The SMILES string of the molecule is Cn1cc(-c2ccc(-c3cncc4ncc(C(=O)N5CC[C@@H](O)C5)cc34)cc2)cn1. The first-order chi connectivity index (χ1) is 14.6. The van der Waals surface area contributed by atoms with Crippen LogP contribution in [0.15, 0.2) is 61.3 Å². The van der Waals surface area contributed by atoms with Crippen LogP contribution in [-0.2, 0) is 7.05 Å². The standard InChI is InChI=1S/C23H21N5O2/c1-27-13-18(10-26-27)15-2-4-16(5-3-15)21-11-24-12-22-20(21)8-17(9-25-22)23(30)28-7-6-19(29)14-28/h2-5,8-13,19,29H,6-7,14H2,1H3/t19-/m1/s1. The molecule has 30 heavy (non-hydrogen) atoms. The van der Waals surface area contributed by atoms with E-state index in [0.29, 0.717) is 25.1 Å². The Hall–Kier alpha value is -3.58. The van der Waals surface area contributed by atoms with Gasteiger partial charge in [-0.25, -0.2) is 0 Å². The molecule has 0 unspecified atom stereocenters. The zero-order valence-corrected chi connectivity index (χ0v) is 16.6. The van der Waals surface area contributed by atoms with E-state index in [1.54, 1.807) is 28.2 Å². The molecule has 7 nitrogen and oxygen atoms in total. The average Bonchev–Trinajstić information content (AvgIpc) is 3.41. The van der Waals surface area contributed by atoms with Crippen molar-refractivity contribution < 1.29 is 9.90 Å². The van der Waals surface area contributed by atoms with E-state index < -0.39 is 6.10 Å². The summed E-state index contributed by atoms with van der Waals surface area (Å²) in [5, 5.41) is 14.8. The van der Waals surface area contributed by atoms with Gasteiger partial charge in [0.15, 0.2) is 0 Å². The lowest BCUT2D eigenvalue weighted by Gasteiger charge is -2.16. The Morgan fingerprint density at radius 1 is 1.07 bits per heavy atom. The number of aliphatic hydroxyl groups is 1. The van der Waals surface area contributed by atoms with E-state index in [2.05, 4.69) is 27.2 Å². The van der Waals surface area contributed by atoms with Crippen LogP contribution in [0.2, 0.25) is 0 Å². The fraction of sp³-hybridized carbons (Fsp3) is 0.217. The van der Waals surface area contributed by atoms with Gasteiger partial charge in [0.25, 0.3) is 5.91 Å². The first-order valence-electron chi connectivity index (χ1n) is 9.89. The molecule has 1 amide bonds. The number of pyridine rings is 2. The number of carbonyl (C=O) groups is 1. The fourth-order valence-electron chi connectivity index (χ4n) is 3.91. The molecule has 1 saturated heterocycles. The molecule has 0 radical (unpaired) electrons. The highest BCUT2D eigenvalue weighted by atomic mass is 16.3. The summed E-state index contributed by atoms with van der Waals surface area (Å²) < 4.78 is 1.78. The maximum Gasteiger partial charge on any atom is 0.255 e. The zero-order chi connectivity index (χ0) is 20.7. The number of aromatic nitrogens is 4. The van der Waals surface area contributed by atoms with Crippen LogP contribution in [0, 0.1) is 0 Å². The summed E-state index contributed by atoms with van der Waals surface area (Å²) in [7, 11) is 1.90. The third-order valence-corrected chi connectivity index (χ3v) is 5.54. The van der Waals surface area contributed by atoms with Crippen molar-refractivity contribution >= 4 is 16.8 Å². The summed E-state index contributed by atoms with van der Waals surface area (Å²) in [5.41, 5.74) is 5.33. The number of β-amino-alcohol motifs (C(OH)–C–C–N with tert-alkyl or cyclic N) is 1. The molecule has 0 bridgehead atoms. The van der Waals surface area contributed by atoms with Crippen molar-refractivity contribution in [1.82, 2.24) is 24.6 Å². The van der Waals surface area contributed by atoms with Gasteiger partial charge in [0, 0.05) is 55.2 Å². The molecule has 7 heteroatoms. The number of carbonyl (C=O) groups excluding carboxylic acids is 1. The molecule has 1 fully saturated rings. The van der Waals surface area contributed by atoms with E-state index >= 15 is 0 Å². The predicted molar refractivity (Wildman–Crippen MR) is 114 cm³/mol. The van der Waals surface area contributed by atoms with Crippen LogP contribution >= 0.6 is 0 Å². The highest BCUT2D eigenvalue weighted by Gasteiger charge is 2.26. The molecule has 1 atom stereocenters. The lowest BCUT2D eigenvalue weighted by Crippen LogP contribution is -2.29. The van der Waals surface area contributed by atoms with Gasteiger partial charge < -0.3 is 10.0 Å². The number of aryl methyl sites for hydroxylation is 1. The summed E-state index contributed by atoms with van der Waals surface area (Å²) in [6.45, 7) is 0.937. The first-order valence-corrected chi connectivity index (χ1v) is 9.89. The van der Waals surface area contributed by atoms with Crippen molar-refractivity contribution in [1.29, 1.82) is 0 Å². The highest BCUT2D eigenvalue weighted by Crippen LogP contribution is 2.30. The molecule has 0 saturated carbocycles. The Morgan fingerprint density at radius 3 is 2.57 bits per heavy atom. The minimum atomic E-state index is -0.444. The highest BCUT2D eigenvalue weighted by molar-refractivity contribution is 6.01. The molecule has 1 aromatic carbocycles. The summed E-state index contributed by atoms with van der Waals surface area (Å²) in [6, 6.07) is 10.1. The lowest BCUT2D eigenvalue weighted by molar-refractivity contribution is 0.0765. The third kappa shape index (κ3) is 3.33.